The van der Waals surface area contributed by atoms with E-state index >= 15 is 0 Å². The van der Waals surface area contributed by atoms with Crippen molar-refractivity contribution in [1.82, 2.24) is 15.4 Å². The Bertz CT molecular complexity index is 709. The van der Waals surface area contributed by atoms with Crippen LogP contribution < -0.4 is 5.32 Å². The van der Waals surface area contributed by atoms with Crippen molar-refractivity contribution in [3.63, 3.8) is 0 Å². The van der Waals surface area contributed by atoms with Crippen molar-refractivity contribution in [2.24, 2.45) is 0 Å². The zero-order valence-electron chi connectivity index (χ0n) is 15.5. The van der Waals surface area contributed by atoms with Gasteiger partial charge in [0, 0.05) is 19.2 Å². The summed E-state index contributed by atoms with van der Waals surface area (Å²) in [5.41, 5.74) is 2.33. The fraction of sp³-hybridized carbons (Fsp3) is 0.550. The number of piperidine rings is 1. The van der Waals surface area contributed by atoms with Gasteiger partial charge in [0.2, 0.25) is 0 Å². The number of halogens is 2. The van der Waals surface area contributed by atoms with E-state index in [1.807, 2.05) is 18.2 Å². The summed E-state index contributed by atoms with van der Waals surface area (Å²) < 4.78 is 5.35. The number of hydrogen-bond acceptors (Lipinski definition) is 4. The molecule has 2 heterocycles. The van der Waals surface area contributed by atoms with E-state index in [1.54, 1.807) is 0 Å². The second-order valence-electron chi connectivity index (χ2n) is 7.34. The van der Waals surface area contributed by atoms with E-state index in [0.717, 1.165) is 57.0 Å². The van der Waals surface area contributed by atoms with E-state index in [9.17, 15) is 0 Å². The van der Waals surface area contributed by atoms with Gasteiger partial charge in [-0.1, -0.05) is 48.3 Å². The van der Waals surface area contributed by atoms with Crippen LogP contribution in [0.1, 0.15) is 55.5 Å². The Hall–Kier alpha value is -1.07. The molecule has 3 rings (SSSR count). The molecule has 0 bridgehead atoms. The van der Waals surface area contributed by atoms with Crippen molar-refractivity contribution < 1.29 is 4.52 Å². The van der Waals surface area contributed by atoms with Gasteiger partial charge in [-0.2, -0.15) is 0 Å². The van der Waals surface area contributed by atoms with Crippen LogP contribution in [0.3, 0.4) is 0 Å². The molecule has 1 aliphatic rings. The predicted molar refractivity (Wildman–Crippen MR) is 107 cm³/mol. The number of nitrogens with zero attached hydrogens (tertiary/aromatic N) is 2. The standard InChI is InChI=1S/C20H27Cl2N3O/c1-14(2)20-12-17(26-24-20)13-23-7-10-25-8-5-15(6-9-25)16-3-4-18(21)19(22)11-16/h3-4,11-12,14-15,23H,5-10,13H2,1-2H3. The highest BCUT2D eigenvalue weighted by molar-refractivity contribution is 6.42. The summed E-state index contributed by atoms with van der Waals surface area (Å²) in [6.07, 6.45) is 2.33. The Morgan fingerprint density at radius 3 is 2.62 bits per heavy atom. The van der Waals surface area contributed by atoms with Crippen LogP contribution in [0.4, 0.5) is 0 Å². The van der Waals surface area contributed by atoms with Crippen LogP contribution in [-0.4, -0.2) is 36.2 Å². The molecule has 1 aromatic carbocycles. The fourth-order valence-corrected chi connectivity index (χ4v) is 3.70. The third kappa shape index (κ3) is 5.23. The largest absolute Gasteiger partial charge is 0.360 e. The lowest BCUT2D eigenvalue weighted by Gasteiger charge is -2.32. The Balaban J connectivity index is 1.36. The Labute approximate surface area is 165 Å². The van der Waals surface area contributed by atoms with Crippen LogP contribution in [0.25, 0.3) is 0 Å². The molecule has 1 fully saturated rings. The van der Waals surface area contributed by atoms with Crippen LogP contribution in [-0.2, 0) is 6.54 Å². The topological polar surface area (TPSA) is 41.3 Å². The molecule has 1 aromatic heterocycles. The maximum atomic E-state index is 6.15. The summed E-state index contributed by atoms with van der Waals surface area (Å²) in [7, 11) is 0. The average Bonchev–Trinajstić information content (AvgIpc) is 3.11. The molecule has 1 N–H and O–H groups in total. The van der Waals surface area contributed by atoms with E-state index in [1.165, 1.54) is 5.56 Å². The van der Waals surface area contributed by atoms with E-state index in [-0.39, 0.29) is 0 Å². The lowest BCUT2D eigenvalue weighted by Crippen LogP contribution is -2.37. The minimum absolute atomic E-state index is 0.407. The monoisotopic (exact) mass is 395 g/mol. The number of nitrogens with one attached hydrogen (secondary N) is 1. The molecule has 0 saturated carbocycles. The molecule has 26 heavy (non-hydrogen) atoms. The van der Waals surface area contributed by atoms with Crippen molar-refractivity contribution in [2.45, 2.75) is 45.1 Å². The Morgan fingerprint density at radius 1 is 1.19 bits per heavy atom. The number of rotatable bonds is 7. The third-order valence-electron chi connectivity index (χ3n) is 5.08. The first-order chi connectivity index (χ1) is 12.5. The molecule has 1 aliphatic heterocycles. The van der Waals surface area contributed by atoms with Gasteiger partial charge in [0.05, 0.1) is 22.3 Å². The van der Waals surface area contributed by atoms with Crippen molar-refractivity contribution in [1.29, 1.82) is 0 Å². The number of benzene rings is 1. The van der Waals surface area contributed by atoms with Gasteiger partial charge in [-0.3, -0.25) is 0 Å². The van der Waals surface area contributed by atoms with E-state index in [2.05, 4.69) is 35.3 Å². The maximum Gasteiger partial charge on any atom is 0.150 e. The van der Waals surface area contributed by atoms with Crippen LogP contribution in [0.15, 0.2) is 28.8 Å². The van der Waals surface area contributed by atoms with Gasteiger partial charge in [0.1, 0.15) is 0 Å². The van der Waals surface area contributed by atoms with Crippen LogP contribution in [0.5, 0.6) is 0 Å². The van der Waals surface area contributed by atoms with Crippen molar-refractivity contribution in [2.75, 3.05) is 26.2 Å². The summed E-state index contributed by atoms with van der Waals surface area (Å²) in [5, 5.41) is 8.83. The maximum absolute atomic E-state index is 6.15. The summed E-state index contributed by atoms with van der Waals surface area (Å²) in [6, 6.07) is 8.08. The smallest absolute Gasteiger partial charge is 0.150 e. The number of likely N-dealkylation sites (tertiary alicyclic amines) is 1. The first kappa shape index (κ1) is 19.7. The van der Waals surface area contributed by atoms with Gasteiger partial charge < -0.3 is 14.7 Å². The fourth-order valence-electron chi connectivity index (χ4n) is 3.39. The average molecular weight is 396 g/mol. The normalized spacial score (nSPS) is 16.5. The van der Waals surface area contributed by atoms with E-state index < -0.39 is 0 Å². The highest BCUT2D eigenvalue weighted by Gasteiger charge is 2.20. The van der Waals surface area contributed by atoms with Crippen LogP contribution >= 0.6 is 23.2 Å². The summed E-state index contributed by atoms with van der Waals surface area (Å²) >= 11 is 12.2. The molecule has 142 valence electrons. The lowest BCUT2D eigenvalue weighted by molar-refractivity contribution is 0.211. The zero-order valence-corrected chi connectivity index (χ0v) is 17.0. The molecular weight excluding hydrogens is 369 g/mol. The Kier molecular flexibility index (Phi) is 6.98. The van der Waals surface area contributed by atoms with Crippen LogP contribution in [0, 0.1) is 0 Å². The van der Waals surface area contributed by atoms with Crippen molar-refractivity contribution in [3.8, 4) is 0 Å². The van der Waals surface area contributed by atoms with Gasteiger partial charge >= 0.3 is 0 Å². The van der Waals surface area contributed by atoms with E-state index in [4.69, 9.17) is 27.7 Å². The number of hydrogen-bond donors (Lipinski definition) is 1. The highest BCUT2D eigenvalue weighted by atomic mass is 35.5. The second-order valence-corrected chi connectivity index (χ2v) is 8.15. The van der Waals surface area contributed by atoms with Gasteiger partial charge in [-0.15, -0.1) is 0 Å². The van der Waals surface area contributed by atoms with Crippen molar-refractivity contribution in [3.05, 3.63) is 51.3 Å². The molecule has 0 amide bonds. The third-order valence-corrected chi connectivity index (χ3v) is 5.81. The highest BCUT2D eigenvalue weighted by Crippen LogP contribution is 2.32. The molecule has 0 aliphatic carbocycles. The summed E-state index contributed by atoms with van der Waals surface area (Å²) in [5.74, 6) is 1.90. The SMILES string of the molecule is CC(C)c1cc(CNCCN2CCC(c3ccc(Cl)c(Cl)c3)CC2)on1. The summed E-state index contributed by atoms with van der Waals surface area (Å²) in [4.78, 5) is 2.51. The Morgan fingerprint density at radius 2 is 1.96 bits per heavy atom. The first-order valence-corrected chi connectivity index (χ1v) is 10.1. The molecule has 0 spiro atoms. The molecule has 1 saturated heterocycles. The molecule has 0 unspecified atom stereocenters. The quantitative estimate of drug-likeness (QED) is 0.663. The molecule has 0 radical (unpaired) electrons. The molecule has 6 heteroatoms. The molecular formula is C20H27Cl2N3O. The van der Waals surface area contributed by atoms with Gasteiger partial charge in [0.25, 0.3) is 0 Å². The lowest BCUT2D eigenvalue weighted by atomic mass is 9.89. The van der Waals surface area contributed by atoms with Gasteiger partial charge in [-0.25, -0.2) is 0 Å². The summed E-state index contributed by atoms with van der Waals surface area (Å²) in [6.45, 7) is 9.22. The van der Waals surface area contributed by atoms with E-state index in [0.29, 0.717) is 21.9 Å². The molecule has 0 atom stereocenters. The van der Waals surface area contributed by atoms with Crippen LogP contribution in [0.2, 0.25) is 10.0 Å². The second kappa shape index (κ2) is 9.23. The van der Waals surface area contributed by atoms with Crippen molar-refractivity contribution >= 4 is 23.2 Å². The molecule has 2 aromatic rings. The zero-order chi connectivity index (χ0) is 18.5. The minimum Gasteiger partial charge on any atom is -0.360 e. The van der Waals surface area contributed by atoms with Gasteiger partial charge in [0.15, 0.2) is 5.76 Å². The number of aromatic nitrogens is 1. The predicted octanol–water partition coefficient (Wildman–Crippen LogP) is 5.07. The minimum atomic E-state index is 0.407. The molecule has 4 nitrogen and oxygen atoms in total. The van der Waals surface area contributed by atoms with Gasteiger partial charge in [-0.05, 0) is 55.5 Å². The first-order valence-electron chi connectivity index (χ1n) is 9.36.